The summed E-state index contributed by atoms with van der Waals surface area (Å²) in [5.41, 5.74) is 3.14. The Morgan fingerprint density at radius 1 is 0.688 bits per heavy atom. The number of fused-ring (bicyclic) bond motifs is 5. The number of hydrogen-bond donors (Lipinski definition) is 0. The summed E-state index contributed by atoms with van der Waals surface area (Å²) in [5, 5.41) is 3.97. The normalized spacial score (nSPS) is 11.4. The number of ether oxygens (including phenoxy) is 1. The van der Waals surface area contributed by atoms with E-state index in [4.69, 9.17) is 26.3 Å². The van der Waals surface area contributed by atoms with Crippen molar-refractivity contribution in [3.8, 4) is 5.75 Å². The van der Waals surface area contributed by atoms with Gasteiger partial charge in [0.05, 0.1) is 22.1 Å². The number of halogens is 1. The van der Waals surface area contributed by atoms with Crippen LogP contribution in [0.3, 0.4) is 0 Å². The van der Waals surface area contributed by atoms with E-state index in [0.29, 0.717) is 22.0 Å². The Morgan fingerprint density at radius 3 is 1.94 bits per heavy atom. The van der Waals surface area contributed by atoms with Gasteiger partial charge in [0.15, 0.2) is 5.75 Å². The highest BCUT2D eigenvalue weighted by Gasteiger charge is 2.20. The van der Waals surface area contributed by atoms with Crippen molar-refractivity contribution >= 4 is 61.2 Å². The Hall–Kier alpha value is -4.02. The molecule has 32 heavy (non-hydrogen) atoms. The van der Waals surface area contributed by atoms with Gasteiger partial charge in [-0.3, -0.25) is 0 Å². The minimum absolute atomic E-state index is 0.269. The van der Waals surface area contributed by atoms with E-state index in [1.807, 2.05) is 60.7 Å². The van der Waals surface area contributed by atoms with Gasteiger partial charge in [-0.1, -0.05) is 78.3 Å². The van der Waals surface area contributed by atoms with E-state index in [-0.39, 0.29) is 10.8 Å². The molecule has 0 fully saturated rings. The lowest BCUT2D eigenvalue weighted by Crippen LogP contribution is -2.09. The fourth-order valence-corrected chi connectivity index (χ4v) is 4.29. The molecule has 1 heterocycles. The number of carbonyl (C=O) groups excluding carboxylic acids is 1. The zero-order chi connectivity index (χ0) is 21.7. The van der Waals surface area contributed by atoms with Crippen LogP contribution in [-0.4, -0.2) is 15.9 Å². The van der Waals surface area contributed by atoms with Gasteiger partial charge in [0, 0.05) is 10.8 Å². The summed E-state index contributed by atoms with van der Waals surface area (Å²) in [6.45, 7) is 0. The fourth-order valence-electron chi connectivity index (χ4n) is 4.02. The van der Waals surface area contributed by atoms with Crippen LogP contribution in [0.1, 0.15) is 10.4 Å². The van der Waals surface area contributed by atoms with Crippen molar-refractivity contribution in [3.63, 3.8) is 0 Å². The first-order chi connectivity index (χ1) is 15.7. The van der Waals surface area contributed by atoms with E-state index in [1.54, 1.807) is 24.3 Å². The third-order valence-corrected chi connectivity index (χ3v) is 5.92. The first kappa shape index (κ1) is 18.7. The molecule has 0 saturated heterocycles. The Balaban J connectivity index is 1.63. The third-order valence-electron chi connectivity index (χ3n) is 5.57. The summed E-state index contributed by atoms with van der Waals surface area (Å²) in [4.78, 5) is 22.5. The molecule has 5 aromatic carbocycles. The molecule has 0 aliphatic heterocycles. The summed E-state index contributed by atoms with van der Waals surface area (Å²) in [6, 6.07) is 28.6. The molecule has 1 aromatic heterocycles. The second-order valence-electron chi connectivity index (χ2n) is 7.55. The first-order valence-corrected chi connectivity index (χ1v) is 10.5. The molecule has 0 amide bonds. The second kappa shape index (κ2) is 7.29. The largest absolute Gasteiger partial charge is 0.421 e. The molecule has 0 bridgehead atoms. The molecule has 0 atom stereocenters. The number of rotatable bonds is 2. The summed E-state index contributed by atoms with van der Waals surface area (Å²) in [7, 11) is 0. The Bertz CT molecular complexity index is 1680. The van der Waals surface area contributed by atoms with Crippen molar-refractivity contribution < 1.29 is 9.53 Å². The first-order valence-electron chi connectivity index (χ1n) is 10.2. The third kappa shape index (κ3) is 2.96. The summed E-state index contributed by atoms with van der Waals surface area (Å²) >= 11 is 6.79. The van der Waals surface area contributed by atoms with Crippen LogP contribution in [-0.2, 0) is 0 Å². The van der Waals surface area contributed by atoms with Gasteiger partial charge in [-0.25, -0.2) is 14.8 Å². The van der Waals surface area contributed by atoms with E-state index < -0.39 is 5.97 Å². The number of hydrogen-bond acceptors (Lipinski definition) is 4. The van der Waals surface area contributed by atoms with Crippen LogP contribution in [0.5, 0.6) is 5.75 Å². The van der Waals surface area contributed by atoms with Crippen LogP contribution < -0.4 is 4.74 Å². The van der Waals surface area contributed by atoms with Crippen molar-refractivity contribution in [1.82, 2.24) is 9.97 Å². The number of nitrogens with zero attached hydrogens (tertiary/aromatic N) is 2. The lowest BCUT2D eigenvalue weighted by Gasteiger charge is -2.13. The molecule has 0 saturated carbocycles. The van der Waals surface area contributed by atoms with Gasteiger partial charge in [0.2, 0.25) is 0 Å². The summed E-state index contributed by atoms with van der Waals surface area (Å²) in [6.07, 6.45) is 0. The summed E-state index contributed by atoms with van der Waals surface area (Å²) in [5.74, 6) is -0.185. The molecule has 6 rings (SSSR count). The quantitative estimate of drug-likeness (QED) is 0.128. The number of esters is 1. The highest BCUT2D eigenvalue weighted by atomic mass is 35.5. The fraction of sp³-hybridized carbons (Fsp3) is 0. The van der Waals surface area contributed by atoms with Crippen LogP contribution in [0.2, 0.25) is 5.02 Å². The number of aromatic nitrogens is 2. The minimum Gasteiger partial charge on any atom is -0.421 e. The molecule has 0 aliphatic carbocycles. The summed E-state index contributed by atoms with van der Waals surface area (Å²) < 4.78 is 5.80. The van der Waals surface area contributed by atoms with Gasteiger partial charge >= 0.3 is 5.97 Å². The zero-order valence-corrected chi connectivity index (χ0v) is 17.5. The predicted octanol–water partition coefficient (Wildman–Crippen LogP) is 6.96. The van der Waals surface area contributed by atoms with Crippen LogP contribution >= 0.6 is 11.6 Å². The Morgan fingerprint density at radius 2 is 1.25 bits per heavy atom. The lowest BCUT2D eigenvalue weighted by atomic mass is 10.1. The molecule has 5 heteroatoms. The van der Waals surface area contributed by atoms with Gasteiger partial charge in [-0.15, -0.1) is 0 Å². The van der Waals surface area contributed by atoms with Gasteiger partial charge in [-0.2, -0.15) is 0 Å². The maximum atomic E-state index is 12.8. The van der Waals surface area contributed by atoms with Gasteiger partial charge in [-0.05, 0) is 35.0 Å². The average Bonchev–Trinajstić information content (AvgIpc) is 2.84. The molecular weight excluding hydrogens is 420 g/mol. The molecule has 0 aliphatic rings. The molecule has 152 valence electrons. The smallest absolute Gasteiger partial charge is 0.343 e. The maximum absolute atomic E-state index is 12.8. The second-order valence-corrected chi connectivity index (χ2v) is 7.93. The van der Waals surface area contributed by atoms with Crippen LogP contribution in [0.15, 0.2) is 91.0 Å². The monoisotopic (exact) mass is 434 g/mol. The van der Waals surface area contributed by atoms with Crippen molar-refractivity contribution in [2.24, 2.45) is 0 Å². The molecule has 4 nitrogen and oxygen atoms in total. The number of carbonyl (C=O) groups is 1. The minimum atomic E-state index is -0.475. The van der Waals surface area contributed by atoms with E-state index in [2.05, 4.69) is 6.07 Å². The van der Waals surface area contributed by atoms with Gasteiger partial charge in [0.25, 0.3) is 0 Å². The van der Waals surface area contributed by atoms with E-state index >= 15 is 0 Å². The lowest BCUT2D eigenvalue weighted by molar-refractivity contribution is 0.0737. The molecule has 0 N–H and O–H groups in total. The Kier molecular flexibility index (Phi) is 4.27. The van der Waals surface area contributed by atoms with Gasteiger partial charge < -0.3 is 4.74 Å². The van der Waals surface area contributed by atoms with Crippen molar-refractivity contribution in [2.45, 2.75) is 0 Å². The highest BCUT2D eigenvalue weighted by molar-refractivity contribution is 6.39. The van der Waals surface area contributed by atoms with E-state index in [0.717, 1.165) is 27.2 Å². The maximum Gasteiger partial charge on any atom is 0.343 e. The molecule has 6 aromatic rings. The SMILES string of the molecule is O=C(Oc1c(Cl)c2nc3cc4ccccc4cc3nc2c2ccccc12)c1ccccc1. The van der Waals surface area contributed by atoms with Gasteiger partial charge in [0.1, 0.15) is 10.5 Å². The van der Waals surface area contributed by atoms with E-state index in [1.165, 1.54) is 0 Å². The molecule has 0 spiro atoms. The van der Waals surface area contributed by atoms with Crippen LogP contribution in [0, 0.1) is 0 Å². The Labute approximate surface area is 188 Å². The topological polar surface area (TPSA) is 52.1 Å². The highest BCUT2D eigenvalue weighted by Crippen LogP contribution is 2.41. The molecule has 0 unspecified atom stereocenters. The van der Waals surface area contributed by atoms with Crippen LogP contribution in [0.4, 0.5) is 0 Å². The standard InChI is InChI=1S/C27H15ClN2O2/c28-23-25-24(29-21-14-17-10-4-5-11-18(17)15-22(21)30-25)19-12-6-7-13-20(19)26(23)32-27(31)16-8-2-1-3-9-16/h1-15H. The van der Waals surface area contributed by atoms with Crippen molar-refractivity contribution in [3.05, 3.63) is 102 Å². The zero-order valence-electron chi connectivity index (χ0n) is 16.7. The molecular formula is C27H15ClN2O2. The molecule has 0 radical (unpaired) electrons. The number of benzene rings is 5. The van der Waals surface area contributed by atoms with Crippen LogP contribution in [0.25, 0.3) is 43.6 Å². The van der Waals surface area contributed by atoms with Crippen molar-refractivity contribution in [2.75, 3.05) is 0 Å². The van der Waals surface area contributed by atoms with E-state index in [9.17, 15) is 4.79 Å². The predicted molar refractivity (Wildman–Crippen MR) is 128 cm³/mol. The average molecular weight is 435 g/mol. The van der Waals surface area contributed by atoms with Crippen molar-refractivity contribution in [1.29, 1.82) is 0 Å².